The maximum Gasteiger partial charge on any atom is 0.129 e. The highest BCUT2D eigenvalue weighted by molar-refractivity contribution is 5.27. The molecule has 0 aliphatic heterocycles. The maximum atomic E-state index is 14.2. The van der Waals surface area contributed by atoms with Gasteiger partial charge in [-0.3, -0.25) is 0 Å². The Kier molecular flexibility index (Phi) is 7.93. The molecule has 0 radical (unpaired) electrons. The van der Waals surface area contributed by atoms with Crippen molar-refractivity contribution in [2.24, 2.45) is 17.8 Å². The van der Waals surface area contributed by atoms with Crippen LogP contribution in [0.2, 0.25) is 0 Å². The van der Waals surface area contributed by atoms with Gasteiger partial charge < -0.3 is 4.74 Å². The van der Waals surface area contributed by atoms with Crippen molar-refractivity contribution >= 4 is 0 Å². The van der Waals surface area contributed by atoms with E-state index in [-0.39, 0.29) is 5.82 Å². The fraction of sp³-hybridized carbons (Fsp3) is 0.680. The molecule has 0 heterocycles. The van der Waals surface area contributed by atoms with Crippen molar-refractivity contribution in [2.45, 2.75) is 83.7 Å². The van der Waals surface area contributed by atoms with E-state index in [2.05, 4.69) is 25.1 Å². The van der Waals surface area contributed by atoms with Crippen LogP contribution < -0.4 is 0 Å². The minimum absolute atomic E-state index is 0.106. The Balaban J connectivity index is 1.40. The van der Waals surface area contributed by atoms with Crippen LogP contribution in [-0.2, 0) is 11.3 Å². The van der Waals surface area contributed by atoms with Crippen LogP contribution in [0.4, 0.5) is 4.39 Å². The molecule has 0 aromatic heterocycles. The molecule has 2 saturated carbocycles. The number of methoxy groups -OCH3 is 1. The zero-order valence-corrected chi connectivity index (χ0v) is 17.3. The van der Waals surface area contributed by atoms with Crippen LogP contribution in [0.3, 0.4) is 0 Å². The lowest BCUT2D eigenvalue weighted by Gasteiger charge is -2.31. The third kappa shape index (κ3) is 5.91. The molecule has 2 fully saturated rings. The first-order valence-electron chi connectivity index (χ1n) is 11.1. The largest absolute Gasteiger partial charge is 0.380 e. The van der Waals surface area contributed by atoms with Gasteiger partial charge in [0, 0.05) is 12.7 Å². The number of halogens is 1. The van der Waals surface area contributed by atoms with E-state index in [0.29, 0.717) is 18.1 Å². The Morgan fingerprint density at radius 1 is 0.963 bits per heavy atom. The lowest BCUT2D eigenvalue weighted by Crippen LogP contribution is -2.17. The first-order valence-corrected chi connectivity index (χ1v) is 11.1. The summed E-state index contributed by atoms with van der Waals surface area (Å²) >= 11 is 0. The van der Waals surface area contributed by atoms with Crippen LogP contribution in [0, 0.1) is 23.6 Å². The SMILES string of the molecule is C/C=C/[C@H]1CC[C@H](CCC2CCC(c3ccc(COC)c(F)c3)CC2)CC1. The number of ether oxygens (including phenoxy) is 1. The van der Waals surface area contributed by atoms with Crippen molar-refractivity contribution in [1.29, 1.82) is 0 Å². The minimum Gasteiger partial charge on any atom is -0.380 e. The molecule has 1 aromatic carbocycles. The number of allylic oxidation sites excluding steroid dienone is 2. The lowest BCUT2D eigenvalue weighted by molar-refractivity contribution is 0.181. The number of benzene rings is 1. The zero-order chi connectivity index (χ0) is 19.1. The summed E-state index contributed by atoms with van der Waals surface area (Å²) in [5, 5.41) is 0. The molecule has 2 aliphatic rings. The zero-order valence-electron chi connectivity index (χ0n) is 17.3. The average Bonchev–Trinajstić information content (AvgIpc) is 2.70. The molecule has 0 amide bonds. The molecule has 2 aliphatic carbocycles. The van der Waals surface area contributed by atoms with Gasteiger partial charge in [0.05, 0.1) is 6.61 Å². The molecular weight excluding hydrogens is 335 g/mol. The average molecular weight is 373 g/mol. The van der Waals surface area contributed by atoms with Crippen molar-refractivity contribution in [2.75, 3.05) is 7.11 Å². The number of hydrogen-bond acceptors (Lipinski definition) is 1. The van der Waals surface area contributed by atoms with Gasteiger partial charge in [-0.2, -0.15) is 0 Å². The van der Waals surface area contributed by atoms with Gasteiger partial charge in [-0.1, -0.05) is 37.1 Å². The van der Waals surface area contributed by atoms with E-state index in [9.17, 15) is 4.39 Å². The Labute approximate surface area is 165 Å². The van der Waals surface area contributed by atoms with Crippen LogP contribution in [0.5, 0.6) is 0 Å². The molecule has 0 N–H and O–H groups in total. The van der Waals surface area contributed by atoms with Gasteiger partial charge >= 0.3 is 0 Å². The normalized spacial score (nSPS) is 29.3. The van der Waals surface area contributed by atoms with E-state index in [1.165, 1.54) is 69.8 Å². The summed E-state index contributed by atoms with van der Waals surface area (Å²) in [5.74, 6) is 3.14. The molecule has 150 valence electrons. The first kappa shape index (κ1) is 20.6. The molecule has 3 rings (SSSR count). The van der Waals surface area contributed by atoms with Gasteiger partial charge in [0.1, 0.15) is 5.82 Å². The number of rotatable bonds is 7. The molecule has 27 heavy (non-hydrogen) atoms. The second kappa shape index (κ2) is 10.4. The fourth-order valence-corrected chi connectivity index (χ4v) is 5.29. The van der Waals surface area contributed by atoms with E-state index >= 15 is 0 Å². The molecule has 0 atom stereocenters. The predicted molar refractivity (Wildman–Crippen MR) is 111 cm³/mol. The summed E-state index contributed by atoms with van der Waals surface area (Å²) in [6.45, 7) is 2.50. The molecule has 1 nitrogen and oxygen atoms in total. The van der Waals surface area contributed by atoms with Gasteiger partial charge in [-0.05, 0) is 93.6 Å². The first-order chi connectivity index (χ1) is 13.2. The number of hydrogen-bond donors (Lipinski definition) is 0. The van der Waals surface area contributed by atoms with Gasteiger partial charge in [-0.15, -0.1) is 0 Å². The fourth-order valence-electron chi connectivity index (χ4n) is 5.29. The van der Waals surface area contributed by atoms with Crippen molar-refractivity contribution in [1.82, 2.24) is 0 Å². The second-order valence-corrected chi connectivity index (χ2v) is 8.89. The van der Waals surface area contributed by atoms with Gasteiger partial charge in [-0.25, -0.2) is 4.39 Å². The van der Waals surface area contributed by atoms with Gasteiger partial charge in [0.15, 0.2) is 0 Å². The van der Waals surface area contributed by atoms with Crippen LogP contribution in [-0.4, -0.2) is 7.11 Å². The lowest BCUT2D eigenvalue weighted by atomic mass is 9.74. The highest BCUT2D eigenvalue weighted by Crippen LogP contribution is 2.40. The van der Waals surface area contributed by atoms with Crippen LogP contribution in [0.1, 0.15) is 88.2 Å². The second-order valence-electron chi connectivity index (χ2n) is 8.89. The summed E-state index contributed by atoms with van der Waals surface area (Å²) < 4.78 is 19.2. The van der Waals surface area contributed by atoms with Crippen molar-refractivity contribution in [3.05, 3.63) is 47.3 Å². The van der Waals surface area contributed by atoms with Crippen LogP contribution in [0.25, 0.3) is 0 Å². The highest BCUT2D eigenvalue weighted by atomic mass is 19.1. The van der Waals surface area contributed by atoms with Gasteiger partial charge in [0.25, 0.3) is 0 Å². The summed E-state index contributed by atoms with van der Waals surface area (Å²) in [5.41, 5.74) is 1.85. The van der Waals surface area contributed by atoms with Crippen molar-refractivity contribution in [3.8, 4) is 0 Å². The third-order valence-electron chi connectivity index (χ3n) is 7.03. The van der Waals surface area contributed by atoms with Crippen LogP contribution >= 0.6 is 0 Å². The van der Waals surface area contributed by atoms with Crippen molar-refractivity contribution in [3.63, 3.8) is 0 Å². The molecule has 1 aromatic rings. The Hall–Kier alpha value is -1.15. The summed E-state index contributed by atoms with van der Waals surface area (Å²) in [7, 11) is 1.61. The molecular formula is C25H37FO. The van der Waals surface area contributed by atoms with Gasteiger partial charge in [0.2, 0.25) is 0 Å². The van der Waals surface area contributed by atoms with E-state index < -0.39 is 0 Å². The van der Waals surface area contributed by atoms with E-state index in [0.717, 1.165) is 17.8 Å². The monoisotopic (exact) mass is 372 g/mol. The minimum atomic E-state index is -0.106. The quantitative estimate of drug-likeness (QED) is 0.453. The topological polar surface area (TPSA) is 9.23 Å². The summed E-state index contributed by atoms with van der Waals surface area (Å²) in [6.07, 6.45) is 18.2. The Morgan fingerprint density at radius 3 is 2.15 bits per heavy atom. The summed E-state index contributed by atoms with van der Waals surface area (Å²) in [6, 6.07) is 5.78. The predicted octanol–water partition coefficient (Wildman–Crippen LogP) is 7.41. The Morgan fingerprint density at radius 2 is 1.59 bits per heavy atom. The maximum absolute atomic E-state index is 14.2. The third-order valence-corrected chi connectivity index (χ3v) is 7.03. The molecule has 2 heteroatoms. The highest BCUT2D eigenvalue weighted by Gasteiger charge is 2.25. The molecule has 0 unspecified atom stereocenters. The van der Waals surface area contributed by atoms with Crippen molar-refractivity contribution < 1.29 is 9.13 Å². The molecule has 0 spiro atoms. The van der Waals surface area contributed by atoms with E-state index in [4.69, 9.17) is 4.74 Å². The van der Waals surface area contributed by atoms with Crippen LogP contribution in [0.15, 0.2) is 30.4 Å². The molecule has 0 saturated heterocycles. The Bertz CT molecular complexity index is 592. The molecule has 0 bridgehead atoms. The smallest absolute Gasteiger partial charge is 0.129 e. The summed E-state index contributed by atoms with van der Waals surface area (Å²) in [4.78, 5) is 0. The van der Waals surface area contributed by atoms with E-state index in [1.54, 1.807) is 13.2 Å². The van der Waals surface area contributed by atoms with E-state index in [1.807, 2.05) is 6.07 Å². The standard InChI is InChI=1S/C25H37FO/c1-3-4-19-5-7-20(8-6-19)9-10-21-11-13-22(14-12-21)23-15-16-24(18-27-2)25(26)17-23/h3-4,15-17,19-22H,5-14,18H2,1-2H3/b4-3+/t19-,20-,21?,22?.